The van der Waals surface area contributed by atoms with Gasteiger partial charge in [0.15, 0.2) is 5.75 Å². The molecule has 0 atom stereocenters. The molecule has 0 aliphatic heterocycles. The van der Waals surface area contributed by atoms with Gasteiger partial charge >= 0.3 is 0 Å². The van der Waals surface area contributed by atoms with Gasteiger partial charge in [-0.25, -0.2) is 4.39 Å². The molecule has 3 N–H and O–H groups in total. The van der Waals surface area contributed by atoms with Crippen molar-refractivity contribution in [2.24, 2.45) is 0 Å². The molecule has 2 aromatic rings. The van der Waals surface area contributed by atoms with Crippen LogP contribution in [0.2, 0.25) is 10.0 Å². The molecule has 0 bridgehead atoms. The smallest absolute Gasteiger partial charge is 0.258 e. The van der Waals surface area contributed by atoms with Crippen LogP contribution in [0.3, 0.4) is 0 Å². The molecule has 0 radical (unpaired) electrons. The lowest BCUT2D eigenvalue weighted by Crippen LogP contribution is -2.13. The van der Waals surface area contributed by atoms with E-state index in [9.17, 15) is 14.3 Å². The maximum Gasteiger partial charge on any atom is 0.258 e. The number of rotatable bonds is 2. The molecule has 0 spiro atoms. The third kappa shape index (κ3) is 2.95. The van der Waals surface area contributed by atoms with Crippen molar-refractivity contribution in [1.82, 2.24) is 0 Å². The summed E-state index contributed by atoms with van der Waals surface area (Å²) in [6.45, 7) is 0. The molecule has 1 amide bonds. The number of phenols is 2. The van der Waals surface area contributed by atoms with Crippen LogP contribution in [-0.2, 0) is 0 Å². The minimum absolute atomic E-state index is 0.0417. The highest BCUT2D eigenvalue weighted by molar-refractivity contribution is 6.36. The zero-order valence-electron chi connectivity index (χ0n) is 9.82. The van der Waals surface area contributed by atoms with E-state index in [0.717, 1.165) is 12.1 Å². The van der Waals surface area contributed by atoms with E-state index in [1.807, 2.05) is 0 Å². The zero-order valence-corrected chi connectivity index (χ0v) is 11.3. The Morgan fingerprint density at radius 1 is 1.15 bits per heavy atom. The summed E-state index contributed by atoms with van der Waals surface area (Å²) in [5.74, 6) is -2.37. The Hall–Kier alpha value is -1.98. The van der Waals surface area contributed by atoms with Crippen LogP contribution in [0.25, 0.3) is 0 Å². The van der Waals surface area contributed by atoms with E-state index in [1.54, 1.807) is 0 Å². The maximum atomic E-state index is 13.5. The van der Waals surface area contributed by atoms with Crippen LogP contribution in [0.15, 0.2) is 30.3 Å². The molecule has 0 saturated carbocycles. The summed E-state index contributed by atoms with van der Waals surface area (Å²) < 4.78 is 13.5. The van der Waals surface area contributed by atoms with Gasteiger partial charge in [0.2, 0.25) is 0 Å². The quantitative estimate of drug-likeness (QED) is 0.738. The largest absolute Gasteiger partial charge is 0.508 e. The summed E-state index contributed by atoms with van der Waals surface area (Å²) >= 11 is 11.5. The fraction of sp³-hybridized carbons (Fsp3) is 0. The Kier molecular flexibility index (Phi) is 4.01. The number of carbonyl (C=O) groups excluding carboxylic acids is 1. The predicted octanol–water partition coefficient (Wildman–Crippen LogP) is 3.80. The number of anilines is 1. The number of hydrogen-bond donors (Lipinski definition) is 3. The molecule has 0 fully saturated rings. The van der Waals surface area contributed by atoms with Crippen LogP contribution in [-0.4, -0.2) is 16.1 Å². The monoisotopic (exact) mass is 315 g/mol. The molecule has 0 heterocycles. The third-order valence-corrected chi connectivity index (χ3v) is 2.98. The number of hydrogen-bond acceptors (Lipinski definition) is 3. The molecular weight excluding hydrogens is 308 g/mol. The second-order valence-electron chi connectivity index (χ2n) is 3.90. The highest BCUT2D eigenvalue weighted by Gasteiger charge is 2.15. The van der Waals surface area contributed by atoms with Gasteiger partial charge < -0.3 is 15.5 Å². The van der Waals surface area contributed by atoms with Gasteiger partial charge in [-0.15, -0.1) is 0 Å². The molecule has 0 aliphatic carbocycles. The van der Waals surface area contributed by atoms with Crippen molar-refractivity contribution in [1.29, 1.82) is 0 Å². The number of benzene rings is 2. The van der Waals surface area contributed by atoms with Gasteiger partial charge in [-0.1, -0.05) is 23.2 Å². The van der Waals surface area contributed by atoms with Gasteiger partial charge in [-0.2, -0.15) is 0 Å². The highest BCUT2D eigenvalue weighted by atomic mass is 35.5. The summed E-state index contributed by atoms with van der Waals surface area (Å²) in [7, 11) is 0. The zero-order chi connectivity index (χ0) is 14.9. The Morgan fingerprint density at radius 3 is 2.50 bits per heavy atom. The second-order valence-corrected chi connectivity index (χ2v) is 4.75. The van der Waals surface area contributed by atoms with Crippen LogP contribution in [0.1, 0.15) is 10.4 Å². The molecule has 0 unspecified atom stereocenters. The van der Waals surface area contributed by atoms with Gasteiger partial charge in [0.05, 0.1) is 16.3 Å². The minimum atomic E-state index is -0.893. The first kappa shape index (κ1) is 14.4. The minimum Gasteiger partial charge on any atom is -0.508 e. The van der Waals surface area contributed by atoms with Crippen LogP contribution < -0.4 is 5.32 Å². The lowest BCUT2D eigenvalue weighted by Gasteiger charge is -2.09. The number of carbonyl (C=O) groups is 1. The standard InChI is InChI=1S/C13H8Cl2FNO3/c14-6-3-9(15)12(19)11(4-6)17-13(20)8-2-1-7(18)5-10(8)16/h1-5,18-19H,(H,17,20). The predicted molar refractivity (Wildman–Crippen MR) is 74.1 cm³/mol. The molecular formula is C13H8Cl2FNO3. The van der Waals surface area contributed by atoms with E-state index >= 15 is 0 Å². The molecule has 0 saturated heterocycles. The summed E-state index contributed by atoms with van der Waals surface area (Å²) in [4.78, 5) is 11.9. The van der Waals surface area contributed by atoms with Crippen molar-refractivity contribution in [2.75, 3.05) is 5.32 Å². The van der Waals surface area contributed by atoms with Gasteiger partial charge in [-0.3, -0.25) is 4.79 Å². The fourth-order valence-corrected chi connectivity index (χ4v) is 2.03. The summed E-state index contributed by atoms with van der Waals surface area (Å²) in [5, 5.41) is 21.2. The number of phenolic OH excluding ortho intramolecular Hbond substituents is 2. The van der Waals surface area contributed by atoms with E-state index in [1.165, 1.54) is 18.2 Å². The topological polar surface area (TPSA) is 69.6 Å². The van der Waals surface area contributed by atoms with E-state index in [2.05, 4.69) is 5.32 Å². The fourth-order valence-electron chi connectivity index (χ4n) is 1.54. The lowest BCUT2D eigenvalue weighted by atomic mass is 10.2. The van der Waals surface area contributed by atoms with Crippen molar-refractivity contribution in [3.63, 3.8) is 0 Å². The summed E-state index contributed by atoms with van der Waals surface area (Å²) in [6.07, 6.45) is 0. The number of amides is 1. The Labute approximate surface area is 123 Å². The van der Waals surface area contributed by atoms with Crippen LogP contribution >= 0.6 is 23.2 Å². The van der Waals surface area contributed by atoms with Gasteiger partial charge in [0.1, 0.15) is 11.6 Å². The van der Waals surface area contributed by atoms with Crippen molar-refractivity contribution in [3.8, 4) is 11.5 Å². The van der Waals surface area contributed by atoms with E-state index in [4.69, 9.17) is 28.3 Å². The molecule has 4 nitrogen and oxygen atoms in total. The first-order chi connectivity index (χ1) is 9.38. The summed E-state index contributed by atoms with van der Waals surface area (Å²) in [6, 6.07) is 5.67. The van der Waals surface area contributed by atoms with Crippen LogP contribution in [0, 0.1) is 5.82 Å². The average Bonchev–Trinajstić information content (AvgIpc) is 2.35. The molecule has 0 aromatic heterocycles. The molecule has 20 heavy (non-hydrogen) atoms. The van der Waals surface area contributed by atoms with E-state index in [0.29, 0.717) is 0 Å². The Balaban J connectivity index is 2.32. The van der Waals surface area contributed by atoms with Crippen molar-refractivity contribution < 1.29 is 19.4 Å². The SMILES string of the molecule is O=C(Nc1cc(Cl)cc(Cl)c1O)c1ccc(O)cc1F. The van der Waals surface area contributed by atoms with Crippen molar-refractivity contribution in [3.05, 3.63) is 51.8 Å². The normalized spacial score (nSPS) is 10.3. The lowest BCUT2D eigenvalue weighted by molar-refractivity contribution is 0.102. The Morgan fingerprint density at radius 2 is 1.85 bits per heavy atom. The number of nitrogens with one attached hydrogen (secondary N) is 1. The first-order valence-electron chi connectivity index (χ1n) is 5.36. The van der Waals surface area contributed by atoms with Gasteiger partial charge in [0, 0.05) is 11.1 Å². The average molecular weight is 316 g/mol. The maximum absolute atomic E-state index is 13.5. The summed E-state index contributed by atoms with van der Waals surface area (Å²) in [5.41, 5.74) is -0.335. The van der Waals surface area contributed by atoms with E-state index in [-0.39, 0.29) is 32.8 Å². The Bertz CT molecular complexity index is 692. The second kappa shape index (κ2) is 5.56. The van der Waals surface area contributed by atoms with Crippen LogP contribution in [0.4, 0.5) is 10.1 Å². The third-order valence-electron chi connectivity index (χ3n) is 2.47. The number of aromatic hydroxyl groups is 2. The molecule has 2 aromatic carbocycles. The number of halogens is 3. The highest BCUT2D eigenvalue weighted by Crippen LogP contribution is 2.35. The van der Waals surface area contributed by atoms with Crippen LogP contribution in [0.5, 0.6) is 11.5 Å². The van der Waals surface area contributed by atoms with Crippen molar-refractivity contribution >= 4 is 34.8 Å². The van der Waals surface area contributed by atoms with E-state index < -0.39 is 11.7 Å². The first-order valence-corrected chi connectivity index (χ1v) is 6.12. The van der Waals surface area contributed by atoms with Crippen molar-refractivity contribution in [2.45, 2.75) is 0 Å². The molecule has 104 valence electrons. The molecule has 7 heteroatoms. The van der Waals surface area contributed by atoms with Gasteiger partial charge in [0.25, 0.3) is 5.91 Å². The van der Waals surface area contributed by atoms with Gasteiger partial charge in [-0.05, 0) is 24.3 Å². The molecule has 0 aliphatic rings. The molecule has 2 rings (SSSR count).